The van der Waals surface area contributed by atoms with Crippen molar-refractivity contribution in [2.24, 2.45) is 17.8 Å². The molecule has 0 N–H and O–H groups in total. The first-order valence-electron chi connectivity index (χ1n) is 5.21. The Kier molecular flexibility index (Phi) is 2.98. The quantitative estimate of drug-likeness (QED) is 0.594. The highest BCUT2D eigenvalue weighted by Crippen LogP contribution is 2.57. The topological polar surface area (TPSA) is 51.2 Å². The molecule has 0 aromatic carbocycles. The first kappa shape index (κ1) is 14.0. The maximum absolute atomic E-state index is 13.7. The Morgan fingerprint density at radius 1 is 1.17 bits per heavy atom. The molecule has 2 bridgehead atoms. The number of carbonyl (C=O) groups is 1. The van der Waals surface area contributed by atoms with Gasteiger partial charge in [-0.1, -0.05) is 0 Å². The van der Waals surface area contributed by atoms with Gasteiger partial charge in [0.25, 0.3) is 0 Å². The first-order valence-corrected chi connectivity index (χ1v) is 7.52. The molecule has 3 atom stereocenters. The zero-order valence-electron chi connectivity index (χ0n) is 8.88. The number of alkyl halides is 4. The highest BCUT2D eigenvalue weighted by atomic mass is 35.7. The van der Waals surface area contributed by atoms with Gasteiger partial charge in [0.1, 0.15) is 5.78 Å². The second-order valence-corrected chi connectivity index (χ2v) is 7.41. The van der Waals surface area contributed by atoms with E-state index in [4.69, 9.17) is 0 Å². The molecule has 2 saturated carbocycles. The van der Waals surface area contributed by atoms with Gasteiger partial charge in [0.15, 0.2) is 0 Å². The van der Waals surface area contributed by atoms with E-state index in [1.165, 1.54) is 0 Å². The van der Waals surface area contributed by atoms with E-state index in [2.05, 4.69) is 10.7 Å². The van der Waals surface area contributed by atoms with Gasteiger partial charge in [-0.2, -0.15) is 17.6 Å². The van der Waals surface area contributed by atoms with E-state index >= 15 is 0 Å². The predicted molar refractivity (Wildman–Crippen MR) is 54.0 cm³/mol. The number of Topliss-reactive ketones (excluding diaryl/α,β-unsaturated/α-hetero) is 1. The summed E-state index contributed by atoms with van der Waals surface area (Å²) in [6, 6.07) is 0. The summed E-state index contributed by atoms with van der Waals surface area (Å²) in [5.41, 5.74) is 0. The molecule has 3 unspecified atom stereocenters. The summed E-state index contributed by atoms with van der Waals surface area (Å²) >= 11 is 0. The molecule has 0 amide bonds. The van der Waals surface area contributed by atoms with Crippen LogP contribution in [-0.2, 0) is 13.8 Å². The van der Waals surface area contributed by atoms with Crippen LogP contribution in [0.25, 0.3) is 0 Å². The molecule has 18 heavy (non-hydrogen) atoms. The van der Waals surface area contributed by atoms with Crippen molar-refractivity contribution in [1.29, 1.82) is 0 Å². The van der Waals surface area contributed by atoms with Crippen molar-refractivity contribution < 1.29 is 30.8 Å². The van der Waals surface area contributed by atoms with E-state index in [-0.39, 0.29) is 25.2 Å². The van der Waals surface area contributed by atoms with E-state index in [0.29, 0.717) is 0 Å². The van der Waals surface area contributed by atoms with Gasteiger partial charge in [0.05, 0.1) is 0 Å². The van der Waals surface area contributed by atoms with Gasteiger partial charge in [0, 0.05) is 28.9 Å². The summed E-state index contributed by atoms with van der Waals surface area (Å²) in [5.74, 6) is -8.82. The molecule has 2 rings (SSSR count). The molecule has 9 heteroatoms. The lowest BCUT2D eigenvalue weighted by Gasteiger charge is -2.33. The van der Waals surface area contributed by atoms with Crippen molar-refractivity contribution in [3.05, 3.63) is 0 Å². The van der Waals surface area contributed by atoms with Crippen LogP contribution in [0.1, 0.15) is 19.3 Å². The minimum Gasteiger partial charge on any atom is -0.299 e. The van der Waals surface area contributed by atoms with E-state index in [9.17, 15) is 30.8 Å². The summed E-state index contributed by atoms with van der Waals surface area (Å²) in [4.78, 5) is 11.3. The number of halogens is 5. The van der Waals surface area contributed by atoms with Crippen molar-refractivity contribution in [2.45, 2.75) is 30.4 Å². The summed E-state index contributed by atoms with van der Waals surface area (Å²) < 4.78 is 75.0. The van der Waals surface area contributed by atoms with Crippen LogP contribution in [0.3, 0.4) is 0 Å². The van der Waals surface area contributed by atoms with Gasteiger partial charge in [0.2, 0.25) is 0 Å². The van der Waals surface area contributed by atoms with Gasteiger partial charge >= 0.3 is 20.2 Å². The van der Waals surface area contributed by atoms with E-state index in [0.717, 1.165) is 0 Å². The minimum absolute atomic E-state index is 0.108. The van der Waals surface area contributed by atoms with E-state index in [1.54, 1.807) is 0 Å². The fourth-order valence-electron chi connectivity index (χ4n) is 2.88. The van der Waals surface area contributed by atoms with Gasteiger partial charge in [-0.15, -0.1) is 0 Å². The van der Waals surface area contributed by atoms with Gasteiger partial charge in [-0.05, 0) is 18.8 Å². The molecule has 2 aliphatic carbocycles. The fraction of sp³-hybridized carbons (Fsp3) is 0.889. The van der Waals surface area contributed by atoms with Crippen molar-refractivity contribution in [1.82, 2.24) is 0 Å². The second kappa shape index (κ2) is 3.82. The highest BCUT2D eigenvalue weighted by molar-refractivity contribution is 8.14. The summed E-state index contributed by atoms with van der Waals surface area (Å²) in [5, 5.41) is -5.36. The fourth-order valence-corrected chi connectivity index (χ4v) is 3.67. The number of hydrogen-bond donors (Lipinski definition) is 0. The van der Waals surface area contributed by atoms with Gasteiger partial charge < -0.3 is 0 Å². The molecule has 104 valence electrons. The molecule has 3 nitrogen and oxygen atoms in total. The average molecular weight is 309 g/mol. The number of ketones is 1. The van der Waals surface area contributed by atoms with Crippen molar-refractivity contribution in [3.63, 3.8) is 0 Å². The normalized spacial score (nSPS) is 33.2. The number of hydrogen-bond acceptors (Lipinski definition) is 3. The van der Waals surface area contributed by atoms with Crippen LogP contribution in [0, 0.1) is 17.8 Å². The lowest BCUT2D eigenvalue weighted by molar-refractivity contribution is -0.199. The Bertz CT molecular complexity index is 490. The monoisotopic (exact) mass is 308 g/mol. The third-order valence-corrected chi connectivity index (χ3v) is 5.19. The Balaban J connectivity index is 2.36. The Morgan fingerprint density at radius 3 is 2.11 bits per heavy atom. The molecule has 2 fully saturated rings. The van der Waals surface area contributed by atoms with Crippen molar-refractivity contribution in [2.75, 3.05) is 0 Å². The maximum atomic E-state index is 13.7. The molecule has 0 radical (unpaired) electrons. The summed E-state index contributed by atoms with van der Waals surface area (Å²) in [6.45, 7) is 0. The zero-order chi connectivity index (χ0) is 13.9. The molecule has 0 spiro atoms. The lowest BCUT2D eigenvalue weighted by Crippen LogP contribution is -2.52. The van der Waals surface area contributed by atoms with Crippen molar-refractivity contribution in [3.8, 4) is 0 Å². The third-order valence-electron chi connectivity index (χ3n) is 3.72. The Morgan fingerprint density at radius 2 is 1.72 bits per heavy atom. The minimum atomic E-state index is -5.75. The number of carbonyl (C=O) groups excluding carboxylic acids is 1. The van der Waals surface area contributed by atoms with Crippen LogP contribution in [0.4, 0.5) is 17.6 Å². The van der Waals surface area contributed by atoms with Crippen LogP contribution >= 0.6 is 10.7 Å². The van der Waals surface area contributed by atoms with Crippen LogP contribution < -0.4 is 0 Å². The van der Waals surface area contributed by atoms with Crippen LogP contribution in [0.5, 0.6) is 0 Å². The summed E-state index contributed by atoms with van der Waals surface area (Å²) in [6.07, 6.45) is -0.0423. The Labute approximate surface area is 105 Å². The zero-order valence-corrected chi connectivity index (χ0v) is 10.4. The van der Waals surface area contributed by atoms with Crippen LogP contribution in [0.15, 0.2) is 0 Å². The third kappa shape index (κ3) is 1.76. The molecule has 0 aromatic rings. The van der Waals surface area contributed by atoms with Gasteiger partial charge in [-0.3, -0.25) is 4.79 Å². The predicted octanol–water partition coefficient (Wildman–Crippen LogP) is 2.40. The maximum Gasteiger partial charge on any atom is 0.421 e. The molecular weight excluding hydrogens is 300 g/mol. The average Bonchev–Trinajstić information content (AvgIpc) is 2.73. The van der Waals surface area contributed by atoms with E-state index < -0.39 is 37.8 Å². The second-order valence-electron chi connectivity index (χ2n) is 4.80. The first-order chi connectivity index (χ1) is 7.98. The largest absolute Gasteiger partial charge is 0.421 e. The SMILES string of the molecule is O=C1CC2CC1C(C(F)(F)C(F)(F)S(=O)(=O)Cl)C2. The molecule has 2 aliphatic rings. The molecule has 0 heterocycles. The standard InChI is InChI=1S/C9H9ClF4O3S/c10-18(16,17)9(13,14)8(11,12)6-2-4-1-5(6)7(15)3-4/h4-6H,1-3H2. The highest BCUT2D eigenvalue weighted by Gasteiger charge is 2.72. The van der Waals surface area contributed by atoms with Gasteiger partial charge in [-0.25, -0.2) is 8.42 Å². The summed E-state index contributed by atoms with van der Waals surface area (Å²) in [7, 11) is -1.37. The van der Waals surface area contributed by atoms with Crippen LogP contribution in [0.2, 0.25) is 0 Å². The molecule has 0 saturated heterocycles. The number of fused-ring (bicyclic) bond motifs is 2. The molecular formula is C9H9ClF4O3S. The molecule has 0 aliphatic heterocycles. The lowest BCUT2D eigenvalue weighted by atomic mass is 9.83. The van der Waals surface area contributed by atoms with Crippen LogP contribution in [-0.4, -0.2) is 25.4 Å². The molecule has 0 aromatic heterocycles. The smallest absolute Gasteiger partial charge is 0.299 e. The van der Waals surface area contributed by atoms with Crippen molar-refractivity contribution >= 4 is 25.5 Å². The van der Waals surface area contributed by atoms with E-state index in [1.807, 2.05) is 0 Å². The Hall–Kier alpha value is -0.370. The number of rotatable bonds is 3.